The molecule has 5 nitrogen and oxygen atoms in total. The van der Waals surface area contributed by atoms with E-state index in [2.05, 4.69) is 69.3 Å². The first kappa shape index (κ1) is 25.6. The number of carbonyl (C=O) groups excluding carboxylic acids is 2. The van der Waals surface area contributed by atoms with Gasteiger partial charge in [-0.05, 0) is 54.9 Å². The molecule has 0 unspecified atom stereocenters. The zero-order valence-corrected chi connectivity index (χ0v) is 22.8. The molecule has 0 amide bonds. The van der Waals surface area contributed by atoms with Gasteiger partial charge < -0.3 is 13.9 Å². The monoisotopic (exact) mass is 494 g/mol. The van der Waals surface area contributed by atoms with Crippen LogP contribution in [0.2, 0.25) is 5.04 Å². The van der Waals surface area contributed by atoms with Crippen LogP contribution in [0, 0.1) is 17.3 Å². The molecule has 35 heavy (non-hydrogen) atoms. The van der Waals surface area contributed by atoms with Crippen molar-refractivity contribution in [3.8, 4) is 0 Å². The Hall–Kier alpha value is -2.44. The summed E-state index contributed by atoms with van der Waals surface area (Å²) in [6.07, 6.45) is 1.09. The average Bonchev–Trinajstić information content (AvgIpc) is 3.30. The van der Waals surface area contributed by atoms with Gasteiger partial charge in [0, 0.05) is 12.5 Å². The van der Waals surface area contributed by atoms with Crippen molar-refractivity contribution < 1.29 is 23.5 Å². The van der Waals surface area contributed by atoms with Crippen molar-refractivity contribution in [2.75, 3.05) is 13.2 Å². The Labute approximate surface area is 210 Å². The molecule has 2 fully saturated rings. The summed E-state index contributed by atoms with van der Waals surface area (Å²) in [4.78, 5) is 26.2. The second-order valence-corrected chi connectivity index (χ2v) is 15.8. The van der Waals surface area contributed by atoms with Crippen molar-refractivity contribution in [1.29, 1.82) is 0 Å². The summed E-state index contributed by atoms with van der Waals surface area (Å²) in [7, 11) is -2.70. The summed E-state index contributed by atoms with van der Waals surface area (Å²) < 4.78 is 18.2. The first-order valence-electron chi connectivity index (χ1n) is 12.6. The minimum Gasteiger partial charge on any atom is -0.465 e. The third-order valence-corrected chi connectivity index (χ3v) is 12.9. The van der Waals surface area contributed by atoms with Gasteiger partial charge in [0.25, 0.3) is 8.32 Å². The zero-order chi connectivity index (χ0) is 25.5. The first-order valence-corrected chi connectivity index (χ1v) is 14.6. The van der Waals surface area contributed by atoms with Crippen LogP contribution in [0.4, 0.5) is 0 Å². The highest BCUT2D eigenvalue weighted by Crippen LogP contribution is 2.58. The van der Waals surface area contributed by atoms with Gasteiger partial charge in [0.15, 0.2) is 5.41 Å². The van der Waals surface area contributed by atoms with Gasteiger partial charge in [-0.15, -0.1) is 0 Å². The largest absolute Gasteiger partial charge is 0.465 e. The molecule has 6 heteroatoms. The summed E-state index contributed by atoms with van der Waals surface area (Å²) in [5.41, 5.74) is -1.95. The van der Waals surface area contributed by atoms with Gasteiger partial charge in [-0.2, -0.15) is 0 Å². The topological polar surface area (TPSA) is 61.8 Å². The highest BCUT2D eigenvalue weighted by molar-refractivity contribution is 6.99. The number of fused-ring (bicyclic) bond motifs is 1. The molecule has 1 aliphatic heterocycles. The van der Waals surface area contributed by atoms with Crippen molar-refractivity contribution in [2.45, 2.75) is 65.0 Å². The van der Waals surface area contributed by atoms with E-state index < -0.39 is 31.3 Å². The average molecular weight is 495 g/mol. The second kappa shape index (κ2) is 9.21. The predicted octanol–water partition coefficient (Wildman–Crippen LogP) is 4.47. The SMILES string of the molecule is CCOC(=O)[C@]12C[C@@H](CO[Si](c3ccccc3)(c3ccccc3)C(C)(C)C)C[C@H]1C(C)(C)OC2=O. The van der Waals surface area contributed by atoms with Crippen molar-refractivity contribution in [1.82, 2.24) is 0 Å². The molecule has 2 aromatic carbocycles. The van der Waals surface area contributed by atoms with Gasteiger partial charge >= 0.3 is 11.9 Å². The molecule has 1 aliphatic carbocycles. The van der Waals surface area contributed by atoms with Crippen LogP contribution in [-0.2, 0) is 23.5 Å². The van der Waals surface area contributed by atoms with Gasteiger partial charge in [0.2, 0.25) is 0 Å². The van der Waals surface area contributed by atoms with Gasteiger partial charge in [0.05, 0.1) is 6.61 Å². The highest BCUT2D eigenvalue weighted by Gasteiger charge is 2.70. The van der Waals surface area contributed by atoms with Gasteiger partial charge in [-0.25, -0.2) is 0 Å². The molecule has 1 saturated heterocycles. The summed E-state index contributed by atoms with van der Waals surface area (Å²) in [6, 6.07) is 21.1. The lowest BCUT2D eigenvalue weighted by molar-refractivity contribution is -0.166. The molecule has 0 aromatic heterocycles. The maximum Gasteiger partial charge on any atom is 0.324 e. The van der Waals surface area contributed by atoms with Gasteiger partial charge in [-0.3, -0.25) is 9.59 Å². The number of hydrogen-bond donors (Lipinski definition) is 0. The first-order chi connectivity index (χ1) is 16.5. The number of benzene rings is 2. The maximum atomic E-state index is 13.1. The second-order valence-electron chi connectivity index (χ2n) is 11.5. The van der Waals surface area contributed by atoms with Crippen LogP contribution in [0.3, 0.4) is 0 Å². The van der Waals surface area contributed by atoms with Crippen LogP contribution in [0.15, 0.2) is 60.7 Å². The zero-order valence-electron chi connectivity index (χ0n) is 21.8. The normalized spacial score (nSPS) is 25.7. The van der Waals surface area contributed by atoms with Crippen molar-refractivity contribution in [3.63, 3.8) is 0 Å². The fourth-order valence-electron chi connectivity index (χ4n) is 6.42. The maximum absolute atomic E-state index is 13.1. The number of rotatable bonds is 7. The lowest BCUT2D eigenvalue weighted by atomic mass is 9.73. The quantitative estimate of drug-likeness (QED) is 0.323. The Balaban J connectivity index is 1.70. The van der Waals surface area contributed by atoms with Crippen LogP contribution >= 0.6 is 0 Å². The molecule has 2 aliphatic rings. The molecule has 4 rings (SSSR count). The van der Waals surface area contributed by atoms with Crippen molar-refractivity contribution in [2.24, 2.45) is 17.3 Å². The summed E-state index contributed by atoms with van der Waals surface area (Å²) in [6.45, 7) is 13.1. The van der Waals surface area contributed by atoms with E-state index in [4.69, 9.17) is 13.9 Å². The Morgan fingerprint density at radius 1 is 1.03 bits per heavy atom. The highest BCUT2D eigenvalue weighted by atomic mass is 28.4. The summed E-state index contributed by atoms with van der Waals surface area (Å²) in [5.74, 6) is -1.07. The molecule has 1 saturated carbocycles. The molecule has 3 atom stereocenters. The fourth-order valence-corrected chi connectivity index (χ4v) is 11.1. The molecule has 0 bridgehead atoms. The van der Waals surface area contributed by atoms with E-state index in [-0.39, 0.29) is 23.5 Å². The minimum absolute atomic E-state index is 0.0539. The van der Waals surface area contributed by atoms with Gasteiger partial charge in [0.1, 0.15) is 5.60 Å². The third-order valence-electron chi connectivity index (χ3n) is 7.93. The summed E-state index contributed by atoms with van der Waals surface area (Å²) >= 11 is 0. The third kappa shape index (κ3) is 4.14. The van der Waals surface area contributed by atoms with E-state index in [0.717, 1.165) is 0 Å². The van der Waals surface area contributed by atoms with E-state index in [1.54, 1.807) is 6.92 Å². The standard InChI is InChI=1S/C29H38O5Si/c1-7-32-25(30)29-19-21(18-24(29)28(5,6)34-26(29)31)20-33-35(27(2,3)4,22-14-10-8-11-15-22)23-16-12-9-13-17-23/h8-17,21,24H,7,18-20H2,1-6H3/t21-,24-,29-/m0/s1. The number of carbonyl (C=O) groups is 2. The van der Waals surface area contributed by atoms with E-state index in [9.17, 15) is 9.59 Å². The van der Waals surface area contributed by atoms with E-state index >= 15 is 0 Å². The fraction of sp³-hybridized carbons (Fsp3) is 0.517. The van der Waals surface area contributed by atoms with Crippen molar-refractivity contribution >= 4 is 30.6 Å². The molecule has 0 N–H and O–H groups in total. The van der Waals surface area contributed by atoms with E-state index in [1.807, 2.05) is 26.0 Å². The molecular formula is C29H38O5Si. The van der Waals surface area contributed by atoms with Crippen LogP contribution in [0.1, 0.15) is 54.4 Å². The molecule has 1 heterocycles. The number of hydrogen-bond acceptors (Lipinski definition) is 5. The molecular weight excluding hydrogens is 456 g/mol. The van der Waals surface area contributed by atoms with Crippen LogP contribution in [-0.4, -0.2) is 39.1 Å². The Kier molecular flexibility index (Phi) is 6.75. The predicted molar refractivity (Wildman–Crippen MR) is 139 cm³/mol. The lowest BCUT2D eigenvalue weighted by Crippen LogP contribution is -2.66. The Morgan fingerprint density at radius 3 is 2.06 bits per heavy atom. The molecule has 188 valence electrons. The molecule has 0 radical (unpaired) electrons. The summed E-state index contributed by atoms with van der Waals surface area (Å²) in [5, 5.41) is 2.30. The number of cyclic esters (lactones) is 1. The Morgan fingerprint density at radius 2 is 1.57 bits per heavy atom. The lowest BCUT2D eigenvalue weighted by Gasteiger charge is -2.43. The number of esters is 2. The molecule has 2 aromatic rings. The van der Waals surface area contributed by atoms with Crippen LogP contribution in [0.5, 0.6) is 0 Å². The molecule has 0 spiro atoms. The van der Waals surface area contributed by atoms with Crippen LogP contribution in [0.25, 0.3) is 0 Å². The van der Waals surface area contributed by atoms with Gasteiger partial charge in [-0.1, -0.05) is 81.4 Å². The minimum atomic E-state index is -2.70. The van der Waals surface area contributed by atoms with E-state index in [0.29, 0.717) is 19.4 Å². The Bertz CT molecular complexity index is 1020. The van der Waals surface area contributed by atoms with E-state index in [1.165, 1.54) is 10.4 Å². The van der Waals surface area contributed by atoms with Crippen molar-refractivity contribution in [3.05, 3.63) is 60.7 Å². The smallest absolute Gasteiger partial charge is 0.324 e. The number of ether oxygens (including phenoxy) is 2. The van der Waals surface area contributed by atoms with Crippen LogP contribution < -0.4 is 10.4 Å².